The van der Waals surface area contributed by atoms with E-state index in [1.807, 2.05) is 19.1 Å². The number of benzene rings is 1. The minimum atomic E-state index is -0.242. The highest BCUT2D eigenvalue weighted by Gasteiger charge is 2.13. The zero-order valence-electron chi connectivity index (χ0n) is 17.0. The number of aromatic nitrogens is 4. The average molecular weight is 438 g/mol. The Bertz CT molecular complexity index is 1190. The highest BCUT2D eigenvalue weighted by atomic mass is 35.5. The van der Waals surface area contributed by atoms with Crippen molar-refractivity contribution < 1.29 is 9.13 Å². The largest absolute Gasteiger partial charge is 0.374 e. The predicted molar refractivity (Wildman–Crippen MR) is 119 cm³/mol. The molecule has 0 spiro atoms. The van der Waals surface area contributed by atoms with Crippen LogP contribution >= 0.6 is 11.6 Å². The minimum absolute atomic E-state index is 0.242. The lowest BCUT2D eigenvalue weighted by molar-refractivity contribution is 0.128. The lowest BCUT2D eigenvalue weighted by Gasteiger charge is -2.12. The number of hydrogen-bond acceptors (Lipinski definition) is 6. The molecule has 1 aromatic carbocycles. The van der Waals surface area contributed by atoms with E-state index in [0.29, 0.717) is 46.9 Å². The van der Waals surface area contributed by atoms with Crippen molar-refractivity contribution in [2.75, 3.05) is 18.5 Å². The van der Waals surface area contributed by atoms with E-state index in [-0.39, 0.29) is 12.4 Å². The quantitative estimate of drug-likeness (QED) is 0.415. The van der Waals surface area contributed by atoms with Crippen LogP contribution in [0, 0.1) is 5.82 Å². The summed E-state index contributed by atoms with van der Waals surface area (Å²) in [4.78, 5) is 18.2. The van der Waals surface area contributed by atoms with Gasteiger partial charge in [-0.3, -0.25) is 4.98 Å². The maximum Gasteiger partial charge on any atom is 0.165 e. The number of anilines is 1. The van der Waals surface area contributed by atoms with Gasteiger partial charge in [-0.05, 0) is 55.3 Å². The van der Waals surface area contributed by atoms with Crippen LogP contribution < -0.4 is 5.32 Å². The van der Waals surface area contributed by atoms with Gasteiger partial charge < -0.3 is 10.1 Å². The molecule has 0 radical (unpaired) electrons. The Kier molecular flexibility index (Phi) is 6.64. The van der Waals surface area contributed by atoms with E-state index in [1.165, 1.54) is 12.1 Å². The number of pyridine rings is 2. The van der Waals surface area contributed by atoms with Gasteiger partial charge in [-0.15, -0.1) is 0 Å². The molecule has 3 aromatic heterocycles. The van der Waals surface area contributed by atoms with Crippen molar-refractivity contribution in [1.82, 2.24) is 19.9 Å². The van der Waals surface area contributed by atoms with Crippen molar-refractivity contribution in [3.63, 3.8) is 0 Å². The fraction of sp³-hybridized carbons (Fsp3) is 0.217. The van der Waals surface area contributed by atoms with E-state index in [9.17, 15) is 4.39 Å². The van der Waals surface area contributed by atoms with Crippen LogP contribution in [-0.4, -0.2) is 33.1 Å². The smallest absolute Gasteiger partial charge is 0.165 e. The highest BCUT2D eigenvalue weighted by molar-refractivity contribution is 6.32. The summed E-state index contributed by atoms with van der Waals surface area (Å²) >= 11 is 6.29. The monoisotopic (exact) mass is 437 g/mol. The van der Waals surface area contributed by atoms with Crippen molar-refractivity contribution in [2.45, 2.75) is 20.0 Å². The van der Waals surface area contributed by atoms with Crippen LogP contribution in [-0.2, 0) is 17.8 Å². The van der Waals surface area contributed by atoms with Crippen molar-refractivity contribution in [3.8, 4) is 11.4 Å². The second kappa shape index (κ2) is 9.76. The zero-order valence-corrected chi connectivity index (χ0v) is 17.7. The van der Waals surface area contributed by atoms with Gasteiger partial charge in [0, 0.05) is 19.3 Å². The standard InChI is InChI=1S/C23H21ClFN5O/c1-2-31-14-20-29-22(27-13-11-15-5-7-16(25)8-6-15)17-9-10-19(28-23(17)30-20)21-18(24)4-3-12-26-21/h3-10,12H,2,11,13-14H2,1H3,(H,27,28,29,30). The summed E-state index contributed by atoms with van der Waals surface area (Å²) in [6, 6.07) is 13.8. The first-order valence-corrected chi connectivity index (χ1v) is 10.4. The fourth-order valence-corrected chi connectivity index (χ4v) is 3.35. The van der Waals surface area contributed by atoms with Gasteiger partial charge in [-0.1, -0.05) is 23.7 Å². The van der Waals surface area contributed by atoms with E-state index in [2.05, 4.69) is 25.3 Å². The second-order valence-corrected chi connectivity index (χ2v) is 7.24. The first-order chi connectivity index (χ1) is 15.1. The molecule has 3 heterocycles. The maximum absolute atomic E-state index is 13.1. The van der Waals surface area contributed by atoms with Gasteiger partial charge in [0.05, 0.1) is 16.1 Å². The number of hydrogen-bond donors (Lipinski definition) is 1. The number of rotatable bonds is 8. The third-order valence-electron chi connectivity index (χ3n) is 4.66. The summed E-state index contributed by atoms with van der Waals surface area (Å²) in [6.45, 7) is 3.39. The van der Waals surface area contributed by atoms with Crippen LogP contribution in [0.25, 0.3) is 22.4 Å². The first kappa shape index (κ1) is 21.1. The van der Waals surface area contributed by atoms with E-state index in [4.69, 9.17) is 16.3 Å². The van der Waals surface area contributed by atoms with Crippen LogP contribution in [0.3, 0.4) is 0 Å². The van der Waals surface area contributed by atoms with E-state index < -0.39 is 0 Å². The Labute approximate surface area is 184 Å². The lowest BCUT2D eigenvalue weighted by Crippen LogP contribution is -2.10. The molecule has 0 atom stereocenters. The lowest BCUT2D eigenvalue weighted by atomic mass is 10.1. The Morgan fingerprint density at radius 1 is 1.03 bits per heavy atom. The highest BCUT2D eigenvalue weighted by Crippen LogP contribution is 2.27. The number of ether oxygens (including phenoxy) is 1. The molecular weight excluding hydrogens is 417 g/mol. The van der Waals surface area contributed by atoms with Gasteiger partial charge in [0.25, 0.3) is 0 Å². The maximum atomic E-state index is 13.1. The molecule has 6 nitrogen and oxygen atoms in total. The average Bonchev–Trinajstić information content (AvgIpc) is 2.79. The SMILES string of the molecule is CCOCc1nc(NCCc2ccc(F)cc2)c2ccc(-c3ncccc3Cl)nc2n1. The van der Waals surface area contributed by atoms with Crippen LogP contribution in [0.15, 0.2) is 54.7 Å². The van der Waals surface area contributed by atoms with Gasteiger partial charge in [0.15, 0.2) is 11.5 Å². The van der Waals surface area contributed by atoms with E-state index in [0.717, 1.165) is 17.4 Å². The molecular formula is C23H21ClFN5O. The first-order valence-electron chi connectivity index (χ1n) is 9.98. The summed E-state index contributed by atoms with van der Waals surface area (Å²) in [7, 11) is 0. The van der Waals surface area contributed by atoms with Gasteiger partial charge in [0.1, 0.15) is 23.9 Å². The molecule has 31 heavy (non-hydrogen) atoms. The van der Waals surface area contributed by atoms with Crippen molar-refractivity contribution in [3.05, 3.63) is 77.0 Å². The number of nitrogens with zero attached hydrogens (tertiary/aromatic N) is 4. The molecule has 8 heteroatoms. The summed E-state index contributed by atoms with van der Waals surface area (Å²) < 4.78 is 18.6. The normalized spacial score (nSPS) is 11.1. The van der Waals surface area contributed by atoms with Crippen molar-refractivity contribution in [1.29, 1.82) is 0 Å². The molecule has 0 amide bonds. The van der Waals surface area contributed by atoms with Crippen molar-refractivity contribution in [2.24, 2.45) is 0 Å². The minimum Gasteiger partial charge on any atom is -0.374 e. The Balaban J connectivity index is 1.64. The number of fused-ring (bicyclic) bond motifs is 1. The van der Waals surface area contributed by atoms with Crippen LogP contribution in [0.1, 0.15) is 18.3 Å². The Hall–Kier alpha value is -3.16. The molecule has 4 rings (SSSR count). The predicted octanol–water partition coefficient (Wildman–Crippen LogP) is 5.07. The third-order valence-corrected chi connectivity index (χ3v) is 4.97. The van der Waals surface area contributed by atoms with Crippen LogP contribution in [0.5, 0.6) is 0 Å². The summed E-state index contributed by atoms with van der Waals surface area (Å²) in [5, 5.41) is 4.67. The van der Waals surface area contributed by atoms with E-state index >= 15 is 0 Å². The number of halogens is 2. The van der Waals surface area contributed by atoms with Gasteiger partial charge in [0.2, 0.25) is 0 Å². The molecule has 1 N–H and O–H groups in total. The molecule has 0 fully saturated rings. The molecule has 0 saturated carbocycles. The molecule has 4 aromatic rings. The van der Waals surface area contributed by atoms with Crippen molar-refractivity contribution >= 4 is 28.5 Å². The molecule has 0 unspecified atom stereocenters. The summed E-state index contributed by atoms with van der Waals surface area (Å²) in [6.07, 6.45) is 2.40. The Morgan fingerprint density at radius 3 is 2.65 bits per heavy atom. The van der Waals surface area contributed by atoms with Crippen LogP contribution in [0.4, 0.5) is 10.2 Å². The molecule has 0 aliphatic rings. The summed E-state index contributed by atoms with van der Waals surface area (Å²) in [5.41, 5.74) is 2.80. The molecule has 0 aliphatic carbocycles. The number of nitrogens with one attached hydrogen (secondary N) is 1. The Morgan fingerprint density at radius 2 is 1.87 bits per heavy atom. The van der Waals surface area contributed by atoms with Gasteiger partial charge >= 0.3 is 0 Å². The van der Waals surface area contributed by atoms with Gasteiger partial charge in [-0.25, -0.2) is 19.3 Å². The molecule has 158 valence electrons. The molecule has 0 bridgehead atoms. The molecule has 0 saturated heterocycles. The topological polar surface area (TPSA) is 72.8 Å². The third kappa shape index (κ3) is 5.13. The van der Waals surface area contributed by atoms with E-state index in [1.54, 1.807) is 30.5 Å². The van der Waals surface area contributed by atoms with Gasteiger partial charge in [-0.2, -0.15) is 0 Å². The second-order valence-electron chi connectivity index (χ2n) is 6.83. The molecule has 0 aliphatic heterocycles. The zero-order chi connectivity index (χ0) is 21.6. The van der Waals surface area contributed by atoms with Crippen LogP contribution in [0.2, 0.25) is 5.02 Å². The fourth-order valence-electron chi connectivity index (χ4n) is 3.13. The summed E-state index contributed by atoms with van der Waals surface area (Å²) in [5.74, 6) is 0.970.